The Kier molecular flexibility index (Phi) is 9.83. The molecule has 1 aliphatic heterocycles. The molecule has 1 atom stereocenters. The van der Waals surface area contributed by atoms with Gasteiger partial charge < -0.3 is 35.7 Å². The van der Waals surface area contributed by atoms with Gasteiger partial charge in [-0.1, -0.05) is 11.2 Å². The number of nitrogens with one attached hydrogen (secondary N) is 3. The highest BCUT2D eigenvalue weighted by Gasteiger charge is 2.34. The number of benzene rings is 1. The summed E-state index contributed by atoms with van der Waals surface area (Å²) in [6.45, 7) is 1.21. The van der Waals surface area contributed by atoms with Crippen molar-refractivity contribution in [2.75, 3.05) is 20.3 Å². The lowest BCUT2D eigenvalue weighted by Crippen LogP contribution is -2.49. The zero-order valence-electron chi connectivity index (χ0n) is 22.5. The minimum absolute atomic E-state index is 0.00217. The van der Waals surface area contributed by atoms with Gasteiger partial charge in [0.15, 0.2) is 11.6 Å². The number of hydrogen-bond acceptors (Lipinski definition) is 9. The number of carbonyl (C=O) groups excluding carboxylic acids is 2. The predicted molar refractivity (Wildman–Crippen MR) is 142 cm³/mol. The van der Waals surface area contributed by atoms with Crippen LogP contribution in [0, 0.1) is 18.7 Å². The van der Waals surface area contributed by atoms with Crippen LogP contribution in [-0.4, -0.2) is 76.3 Å². The van der Waals surface area contributed by atoms with Crippen molar-refractivity contribution in [2.24, 2.45) is 11.1 Å². The van der Waals surface area contributed by atoms with Gasteiger partial charge in [0.25, 0.3) is 5.91 Å². The third-order valence-electron chi connectivity index (χ3n) is 7.14. The van der Waals surface area contributed by atoms with Crippen molar-refractivity contribution in [3.8, 4) is 5.75 Å². The summed E-state index contributed by atoms with van der Waals surface area (Å²) in [6, 6.07) is 4.88. The number of amides is 3. The molecule has 1 aromatic heterocycles. The van der Waals surface area contributed by atoms with Crippen LogP contribution in [0.1, 0.15) is 59.7 Å². The van der Waals surface area contributed by atoms with Crippen molar-refractivity contribution in [3.05, 3.63) is 52.9 Å². The molecule has 12 nitrogen and oxygen atoms in total. The molecule has 0 saturated heterocycles. The molecule has 1 aromatic carbocycles. The number of aromatic nitrogens is 2. The van der Waals surface area contributed by atoms with Gasteiger partial charge >= 0.3 is 6.03 Å². The SMILES string of the molecule is COc1cc(CNC(=O)c2cc(C3=NOC([C@H]4CC[C@@H](NC(=O)NC(CO)CO)CC4)C3)nc(C)n2)ccc1F. The molecule has 2 aromatic rings. The molecule has 0 bridgehead atoms. The number of aliphatic hydroxyl groups is 2. The van der Waals surface area contributed by atoms with Crippen LogP contribution in [0.25, 0.3) is 0 Å². The number of oxime groups is 1. The number of rotatable bonds is 10. The first-order chi connectivity index (χ1) is 19.3. The molecule has 2 aliphatic rings. The second kappa shape index (κ2) is 13.5. The Bertz CT molecular complexity index is 1230. The van der Waals surface area contributed by atoms with Crippen LogP contribution in [-0.2, 0) is 11.4 Å². The van der Waals surface area contributed by atoms with E-state index in [2.05, 4.69) is 31.1 Å². The van der Waals surface area contributed by atoms with E-state index in [1.807, 2.05) is 0 Å². The maximum atomic E-state index is 13.7. The highest BCUT2D eigenvalue weighted by atomic mass is 19.1. The van der Waals surface area contributed by atoms with E-state index >= 15 is 0 Å². The minimum atomic E-state index is -0.685. The van der Waals surface area contributed by atoms with Crippen LogP contribution < -0.4 is 20.7 Å². The maximum Gasteiger partial charge on any atom is 0.315 e. The Morgan fingerprint density at radius 1 is 1.15 bits per heavy atom. The lowest BCUT2D eigenvalue weighted by molar-refractivity contribution is 0.0238. The first kappa shape index (κ1) is 29.2. The average Bonchev–Trinajstić information content (AvgIpc) is 3.46. The maximum absolute atomic E-state index is 13.7. The smallest absolute Gasteiger partial charge is 0.315 e. The highest BCUT2D eigenvalue weighted by molar-refractivity contribution is 6.01. The van der Waals surface area contributed by atoms with E-state index < -0.39 is 23.8 Å². The van der Waals surface area contributed by atoms with Gasteiger partial charge in [-0.2, -0.15) is 0 Å². The number of methoxy groups -OCH3 is 1. The van der Waals surface area contributed by atoms with E-state index in [1.54, 1.807) is 19.1 Å². The van der Waals surface area contributed by atoms with Crippen molar-refractivity contribution in [1.82, 2.24) is 25.9 Å². The number of aliphatic hydroxyl groups excluding tert-OH is 2. The standard InChI is InChI=1S/C27H35FN6O6/c1-15-30-21(10-23(31-15)26(37)29-12-16-3-8-20(28)25(9-16)39-2)22-11-24(40-34-22)17-4-6-18(7-5-17)32-27(38)33-19(13-35)14-36/h3,8-10,17-19,24,35-36H,4-7,11-14H2,1-2H3,(H,29,37)(H2,32,33,38)/t17-,18+,24?. The lowest BCUT2D eigenvalue weighted by Gasteiger charge is -2.31. The van der Waals surface area contributed by atoms with Crippen molar-refractivity contribution in [3.63, 3.8) is 0 Å². The Labute approximate surface area is 231 Å². The number of carbonyl (C=O) groups is 2. The molecule has 1 aliphatic carbocycles. The number of aryl methyl sites for hydroxylation is 1. The van der Waals surface area contributed by atoms with E-state index in [4.69, 9.17) is 19.8 Å². The molecular weight excluding hydrogens is 523 g/mol. The molecule has 0 radical (unpaired) electrons. The second-order valence-corrected chi connectivity index (χ2v) is 10.0. The molecule has 3 amide bonds. The zero-order valence-corrected chi connectivity index (χ0v) is 22.5. The molecule has 1 unspecified atom stereocenters. The fourth-order valence-corrected chi connectivity index (χ4v) is 4.92. The fourth-order valence-electron chi connectivity index (χ4n) is 4.92. The molecule has 0 spiro atoms. The van der Waals surface area contributed by atoms with Crippen molar-refractivity contribution >= 4 is 17.6 Å². The summed E-state index contributed by atoms with van der Waals surface area (Å²) >= 11 is 0. The minimum Gasteiger partial charge on any atom is -0.494 e. The van der Waals surface area contributed by atoms with Crippen molar-refractivity contribution < 1.29 is 33.8 Å². The summed E-state index contributed by atoms with van der Waals surface area (Å²) in [7, 11) is 1.38. The molecule has 5 N–H and O–H groups in total. The van der Waals surface area contributed by atoms with Gasteiger partial charge in [0.2, 0.25) is 0 Å². The number of ether oxygens (including phenoxy) is 1. The van der Waals surface area contributed by atoms with Crippen LogP contribution in [0.3, 0.4) is 0 Å². The Balaban J connectivity index is 1.29. The topological polar surface area (TPSA) is 167 Å². The molecular formula is C27H35FN6O6. The van der Waals surface area contributed by atoms with Gasteiger partial charge in [0.1, 0.15) is 23.3 Å². The van der Waals surface area contributed by atoms with Gasteiger partial charge in [-0.3, -0.25) is 4.79 Å². The van der Waals surface area contributed by atoms with Gasteiger partial charge in [-0.05, 0) is 62.3 Å². The van der Waals surface area contributed by atoms with Gasteiger partial charge in [-0.15, -0.1) is 0 Å². The highest BCUT2D eigenvalue weighted by Crippen LogP contribution is 2.33. The molecule has 13 heteroatoms. The summed E-state index contributed by atoms with van der Waals surface area (Å²) in [4.78, 5) is 39.4. The van der Waals surface area contributed by atoms with Crippen molar-refractivity contribution in [1.29, 1.82) is 0 Å². The van der Waals surface area contributed by atoms with Crippen LogP contribution >= 0.6 is 0 Å². The Morgan fingerprint density at radius 3 is 2.60 bits per heavy atom. The normalized spacial score (nSPS) is 20.4. The summed E-state index contributed by atoms with van der Waals surface area (Å²) < 4.78 is 18.6. The number of halogens is 1. The fraction of sp³-hybridized carbons (Fsp3) is 0.519. The third kappa shape index (κ3) is 7.42. The largest absolute Gasteiger partial charge is 0.494 e. The zero-order chi connectivity index (χ0) is 28.6. The average molecular weight is 559 g/mol. The Hall–Kier alpha value is -3.84. The Morgan fingerprint density at radius 2 is 1.90 bits per heavy atom. The molecule has 1 fully saturated rings. The first-order valence-electron chi connectivity index (χ1n) is 13.3. The lowest BCUT2D eigenvalue weighted by atomic mass is 9.81. The molecule has 2 heterocycles. The summed E-state index contributed by atoms with van der Waals surface area (Å²) in [5.74, 6) is -0.0969. The number of urea groups is 1. The molecule has 216 valence electrons. The molecule has 4 rings (SSSR count). The van der Waals surface area contributed by atoms with Crippen LogP contribution in [0.15, 0.2) is 29.4 Å². The number of nitrogens with zero attached hydrogens (tertiary/aromatic N) is 3. The van der Waals surface area contributed by atoms with Gasteiger partial charge in [0, 0.05) is 19.0 Å². The van der Waals surface area contributed by atoms with E-state index in [9.17, 15) is 14.0 Å². The van der Waals surface area contributed by atoms with Crippen molar-refractivity contribution in [2.45, 2.75) is 63.8 Å². The van der Waals surface area contributed by atoms with E-state index in [0.29, 0.717) is 29.2 Å². The van der Waals surface area contributed by atoms with Gasteiger partial charge in [0.05, 0.1) is 32.1 Å². The van der Waals surface area contributed by atoms with Crippen LogP contribution in [0.4, 0.5) is 9.18 Å². The number of hydrogen-bond donors (Lipinski definition) is 5. The van der Waals surface area contributed by atoms with E-state index in [1.165, 1.54) is 19.2 Å². The monoisotopic (exact) mass is 558 g/mol. The first-order valence-corrected chi connectivity index (χ1v) is 13.3. The third-order valence-corrected chi connectivity index (χ3v) is 7.14. The quantitative estimate of drug-likeness (QED) is 0.293. The van der Waals surface area contributed by atoms with Crippen LogP contribution in [0.2, 0.25) is 0 Å². The second-order valence-electron chi connectivity index (χ2n) is 10.0. The summed E-state index contributed by atoms with van der Waals surface area (Å²) in [5, 5.41) is 30.7. The summed E-state index contributed by atoms with van der Waals surface area (Å²) in [5.41, 5.74) is 2.04. The predicted octanol–water partition coefficient (Wildman–Crippen LogP) is 1.57. The molecule has 40 heavy (non-hydrogen) atoms. The van der Waals surface area contributed by atoms with Gasteiger partial charge in [-0.25, -0.2) is 19.2 Å². The van der Waals surface area contributed by atoms with Crippen LogP contribution in [0.5, 0.6) is 5.75 Å². The van der Waals surface area contributed by atoms with E-state index in [0.717, 1.165) is 25.7 Å². The molecule has 1 saturated carbocycles. The van der Waals surface area contributed by atoms with E-state index in [-0.39, 0.29) is 49.3 Å². The summed E-state index contributed by atoms with van der Waals surface area (Å²) in [6.07, 6.45) is 3.64.